The molecule has 8 nitrogen and oxygen atoms in total. The molecule has 0 aliphatic rings. The number of aromatic amines is 1. The molecule has 0 bridgehead atoms. The van der Waals surface area contributed by atoms with Gasteiger partial charge in [-0.3, -0.25) is 14.1 Å². The lowest BCUT2D eigenvalue weighted by atomic mass is 9.92. The molecule has 5 rings (SSSR count). The number of pyridine rings is 1. The van der Waals surface area contributed by atoms with Gasteiger partial charge in [-0.2, -0.15) is 0 Å². The highest BCUT2D eigenvalue weighted by atomic mass is 16.1. The number of unbranched alkanes of at least 4 members (excludes halogenated alkanes) is 1. The van der Waals surface area contributed by atoms with Gasteiger partial charge in [-0.05, 0) is 63.4 Å². The fourth-order valence-electron chi connectivity index (χ4n) is 5.26. The van der Waals surface area contributed by atoms with Crippen LogP contribution in [0, 0.1) is 0 Å². The number of hydrogen-bond donors (Lipinski definition) is 1. The number of rotatable bonds is 10. The Bertz CT molecular complexity index is 1600. The maximum absolute atomic E-state index is 14.1. The first kappa shape index (κ1) is 27.2. The molecule has 3 aromatic heterocycles. The normalized spacial score (nSPS) is 11.6. The lowest BCUT2D eigenvalue weighted by Gasteiger charge is -2.19. The number of aromatic nitrogens is 7. The van der Waals surface area contributed by atoms with Crippen LogP contribution in [0.4, 0.5) is 0 Å². The van der Waals surface area contributed by atoms with Crippen molar-refractivity contribution in [1.82, 2.24) is 34.7 Å². The summed E-state index contributed by atoms with van der Waals surface area (Å²) in [7, 11) is 0. The summed E-state index contributed by atoms with van der Waals surface area (Å²) in [4.78, 5) is 18.6. The number of nitrogens with one attached hydrogen (secondary N) is 1. The number of hydrogen-bond acceptors (Lipinski definition) is 5. The van der Waals surface area contributed by atoms with E-state index in [1.807, 2.05) is 21.3 Å². The van der Waals surface area contributed by atoms with Gasteiger partial charge in [-0.15, -0.1) is 5.10 Å². The van der Waals surface area contributed by atoms with Crippen LogP contribution < -0.4 is 5.69 Å². The fourth-order valence-corrected chi connectivity index (χ4v) is 5.26. The number of benzene rings is 2. The Labute approximate surface area is 235 Å². The van der Waals surface area contributed by atoms with Crippen molar-refractivity contribution in [2.75, 3.05) is 0 Å². The summed E-state index contributed by atoms with van der Waals surface area (Å²) >= 11 is 0. The molecule has 0 fully saturated rings. The Hall–Kier alpha value is -4.33. The molecule has 40 heavy (non-hydrogen) atoms. The van der Waals surface area contributed by atoms with Crippen molar-refractivity contribution in [3.63, 3.8) is 0 Å². The maximum atomic E-state index is 14.1. The van der Waals surface area contributed by atoms with Crippen molar-refractivity contribution in [3.05, 3.63) is 99.9 Å². The Morgan fingerprint density at radius 3 is 2.27 bits per heavy atom. The van der Waals surface area contributed by atoms with Gasteiger partial charge in [0.2, 0.25) is 0 Å². The van der Waals surface area contributed by atoms with Gasteiger partial charge in [-0.1, -0.05) is 89.6 Å². The van der Waals surface area contributed by atoms with E-state index in [0.29, 0.717) is 29.9 Å². The number of aryl methyl sites for hydroxylation is 1. The molecule has 0 atom stereocenters. The molecule has 0 spiro atoms. The second kappa shape index (κ2) is 11.8. The second-order valence-electron chi connectivity index (χ2n) is 10.9. The van der Waals surface area contributed by atoms with Crippen LogP contribution in [0.15, 0.2) is 71.8 Å². The topological polar surface area (TPSA) is 94.3 Å². The van der Waals surface area contributed by atoms with E-state index in [2.05, 4.69) is 109 Å². The second-order valence-corrected chi connectivity index (χ2v) is 10.9. The van der Waals surface area contributed by atoms with Crippen LogP contribution in [0.5, 0.6) is 0 Å². The van der Waals surface area contributed by atoms with Crippen molar-refractivity contribution < 1.29 is 0 Å². The minimum atomic E-state index is 0.0116. The van der Waals surface area contributed by atoms with Crippen molar-refractivity contribution in [1.29, 1.82) is 0 Å². The standard InChI is InChI=1S/C32H37N7O/c1-6-7-10-25-20-39(30-26(21(2)3)11-8-12-27(30)22(4)5)32(40)38(25)19-23-14-16-24(17-15-23)28-13-9-18-33-29(28)31-34-36-37-35-31/h8-9,11-18,20-22H,6-7,10,19H2,1-5H3,(H,34,35,36,37). The summed E-state index contributed by atoms with van der Waals surface area (Å²) in [5, 5.41) is 14.2. The molecule has 0 amide bonds. The molecule has 0 aliphatic carbocycles. The quantitative estimate of drug-likeness (QED) is 0.220. The third-order valence-corrected chi connectivity index (χ3v) is 7.41. The number of nitrogens with zero attached hydrogens (tertiary/aromatic N) is 6. The molecule has 206 valence electrons. The fraction of sp³-hybridized carbons (Fsp3) is 0.344. The molecule has 2 aromatic carbocycles. The zero-order valence-corrected chi connectivity index (χ0v) is 23.9. The van der Waals surface area contributed by atoms with E-state index < -0.39 is 0 Å². The van der Waals surface area contributed by atoms with E-state index in [9.17, 15) is 4.79 Å². The van der Waals surface area contributed by atoms with Crippen LogP contribution in [0.3, 0.4) is 0 Å². The van der Waals surface area contributed by atoms with Gasteiger partial charge in [0.05, 0.1) is 12.2 Å². The van der Waals surface area contributed by atoms with Crippen molar-refractivity contribution in [2.45, 2.75) is 72.3 Å². The largest absolute Gasteiger partial charge is 0.333 e. The summed E-state index contributed by atoms with van der Waals surface area (Å²) in [5.41, 5.74) is 8.22. The molecule has 5 aromatic rings. The first-order valence-corrected chi connectivity index (χ1v) is 14.1. The van der Waals surface area contributed by atoms with Gasteiger partial charge < -0.3 is 0 Å². The Morgan fingerprint density at radius 1 is 0.925 bits per heavy atom. The maximum Gasteiger partial charge on any atom is 0.333 e. The number of H-pyrrole nitrogens is 1. The number of para-hydroxylation sites is 1. The number of tetrazole rings is 1. The first-order chi connectivity index (χ1) is 19.4. The summed E-state index contributed by atoms with van der Waals surface area (Å²) in [5.74, 6) is 1.14. The predicted molar refractivity (Wildman–Crippen MR) is 159 cm³/mol. The Morgan fingerprint density at radius 2 is 1.65 bits per heavy atom. The smallest absolute Gasteiger partial charge is 0.292 e. The molecule has 0 radical (unpaired) electrons. The molecule has 0 saturated heterocycles. The zero-order chi connectivity index (χ0) is 28.2. The van der Waals surface area contributed by atoms with E-state index in [4.69, 9.17) is 0 Å². The van der Waals surface area contributed by atoms with Gasteiger partial charge in [0, 0.05) is 23.7 Å². The SMILES string of the molecule is CCCCc1cn(-c2c(C(C)C)cccc2C(C)C)c(=O)n1Cc1ccc(-c2cccnc2-c2nnn[nH]2)cc1. The van der Waals surface area contributed by atoms with Crippen LogP contribution in [0.2, 0.25) is 0 Å². The minimum absolute atomic E-state index is 0.0116. The highest BCUT2D eigenvalue weighted by Crippen LogP contribution is 2.31. The molecule has 3 heterocycles. The monoisotopic (exact) mass is 535 g/mol. The molecule has 8 heteroatoms. The van der Waals surface area contributed by atoms with Gasteiger partial charge >= 0.3 is 5.69 Å². The first-order valence-electron chi connectivity index (χ1n) is 14.1. The Balaban J connectivity index is 1.53. The van der Waals surface area contributed by atoms with Crippen LogP contribution in [-0.2, 0) is 13.0 Å². The molecular formula is C32H37N7O. The van der Waals surface area contributed by atoms with Crippen LogP contribution in [0.1, 0.15) is 81.7 Å². The molecule has 0 unspecified atom stereocenters. The summed E-state index contributed by atoms with van der Waals surface area (Å²) in [6.07, 6.45) is 6.77. The molecule has 1 N–H and O–H groups in total. The lowest BCUT2D eigenvalue weighted by Crippen LogP contribution is -2.26. The zero-order valence-electron chi connectivity index (χ0n) is 23.9. The Kier molecular flexibility index (Phi) is 8.05. The van der Waals surface area contributed by atoms with Crippen molar-refractivity contribution in [3.8, 4) is 28.3 Å². The molecule has 0 saturated carbocycles. The predicted octanol–water partition coefficient (Wildman–Crippen LogP) is 6.52. The summed E-state index contributed by atoms with van der Waals surface area (Å²) in [6.45, 7) is 11.5. The average Bonchev–Trinajstić information content (AvgIpc) is 3.61. The lowest BCUT2D eigenvalue weighted by molar-refractivity contribution is 0.672. The van der Waals surface area contributed by atoms with E-state index in [-0.39, 0.29) is 5.69 Å². The summed E-state index contributed by atoms with van der Waals surface area (Å²) in [6, 6.07) is 18.6. The molecule has 0 aliphatic heterocycles. The van der Waals surface area contributed by atoms with E-state index in [0.717, 1.165) is 47.3 Å². The van der Waals surface area contributed by atoms with E-state index >= 15 is 0 Å². The van der Waals surface area contributed by atoms with Crippen molar-refractivity contribution >= 4 is 0 Å². The van der Waals surface area contributed by atoms with Crippen LogP contribution in [-0.4, -0.2) is 34.7 Å². The van der Waals surface area contributed by atoms with Crippen LogP contribution in [0.25, 0.3) is 28.3 Å². The van der Waals surface area contributed by atoms with Crippen LogP contribution >= 0.6 is 0 Å². The third kappa shape index (κ3) is 5.39. The van der Waals surface area contributed by atoms with Gasteiger partial charge in [0.1, 0.15) is 5.69 Å². The highest BCUT2D eigenvalue weighted by molar-refractivity contribution is 5.77. The van der Waals surface area contributed by atoms with Gasteiger partial charge in [-0.25, -0.2) is 9.89 Å². The highest BCUT2D eigenvalue weighted by Gasteiger charge is 2.20. The van der Waals surface area contributed by atoms with Crippen molar-refractivity contribution in [2.24, 2.45) is 0 Å². The third-order valence-electron chi connectivity index (χ3n) is 7.41. The van der Waals surface area contributed by atoms with E-state index in [1.165, 1.54) is 11.1 Å². The summed E-state index contributed by atoms with van der Waals surface area (Å²) < 4.78 is 3.85. The van der Waals surface area contributed by atoms with Gasteiger partial charge in [0.15, 0.2) is 5.82 Å². The van der Waals surface area contributed by atoms with E-state index in [1.54, 1.807) is 6.20 Å². The average molecular weight is 536 g/mol. The minimum Gasteiger partial charge on any atom is -0.292 e. The van der Waals surface area contributed by atoms with Gasteiger partial charge in [0.25, 0.3) is 0 Å². The number of imidazole rings is 1. The molecular weight excluding hydrogens is 498 g/mol.